The number of Topliss-reactive ketones (excluding diaryl/α,β-unsaturated/α-hetero) is 1. The largest absolute Gasteiger partial charge is 0.343 e. The standard InChI is InChI=1S/C24H19ClN4O4S/c25-15-8-3-1-6-13(15)12-34-24-27-22-21(23(31)28-24)19(14-7-2-4-10-17(14)29(32)33)20-16(26-22)9-5-11-18(20)30/h1-4,6-8,10,19H,5,9,11-12H2,(H2,26,27,28,31)/t19-/m0/s1. The van der Waals surface area contributed by atoms with Crippen LogP contribution in [0, 0.1) is 10.1 Å². The van der Waals surface area contributed by atoms with Gasteiger partial charge in [0.2, 0.25) is 0 Å². The highest BCUT2D eigenvalue weighted by Crippen LogP contribution is 2.45. The van der Waals surface area contributed by atoms with E-state index in [0.29, 0.717) is 57.8 Å². The number of benzene rings is 2. The second-order valence-electron chi connectivity index (χ2n) is 8.06. The van der Waals surface area contributed by atoms with E-state index in [4.69, 9.17) is 11.6 Å². The van der Waals surface area contributed by atoms with Gasteiger partial charge in [-0.15, -0.1) is 0 Å². The van der Waals surface area contributed by atoms with Crippen molar-refractivity contribution in [2.75, 3.05) is 5.32 Å². The zero-order chi connectivity index (χ0) is 23.8. The molecule has 2 N–H and O–H groups in total. The predicted molar refractivity (Wildman–Crippen MR) is 130 cm³/mol. The Morgan fingerprint density at radius 3 is 2.68 bits per heavy atom. The summed E-state index contributed by atoms with van der Waals surface area (Å²) in [5.74, 6) is -0.151. The van der Waals surface area contributed by atoms with Crippen molar-refractivity contribution in [1.82, 2.24) is 9.97 Å². The number of para-hydroxylation sites is 1. The molecule has 2 aliphatic rings. The van der Waals surface area contributed by atoms with Gasteiger partial charge in [0.05, 0.1) is 16.4 Å². The summed E-state index contributed by atoms with van der Waals surface area (Å²) in [5, 5.41) is 16.0. The summed E-state index contributed by atoms with van der Waals surface area (Å²) in [6, 6.07) is 13.7. The van der Waals surface area contributed by atoms with Crippen molar-refractivity contribution in [3.05, 3.63) is 102 Å². The highest BCUT2D eigenvalue weighted by Gasteiger charge is 2.40. The Morgan fingerprint density at radius 2 is 1.88 bits per heavy atom. The number of anilines is 1. The van der Waals surface area contributed by atoms with Crippen LogP contribution >= 0.6 is 23.4 Å². The maximum absolute atomic E-state index is 13.3. The van der Waals surface area contributed by atoms with E-state index >= 15 is 0 Å². The first-order valence-electron chi connectivity index (χ1n) is 10.7. The maximum atomic E-state index is 13.3. The number of carbonyl (C=O) groups excluding carboxylic acids is 1. The van der Waals surface area contributed by atoms with Gasteiger partial charge in [-0.25, -0.2) is 4.98 Å². The second-order valence-corrected chi connectivity index (χ2v) is 9.43. The second kappa shape index (κ2) is 9.08. The number of thioether (sulfide) groups is 1. The van der Waals surface area contributed by atoms with Gasteiger partial charge in [-0.2, -0.15) is 0 Å². The Bertz CT molecular complexity index is 1420. The van der Waals surface area contributed by atoms with Gasteiger partial charge in [0.15, 0.2) is 10.9 Å². The number of hydrogen-bond donors (Lipinski definition) is 2. The van der Waals surface area contributed by atoms with E-state index in [9.17, 15) is 19.7 Å². The summed E-state index contributed by atoms with van der Waals surface area (Å²) in [6.45, 7) is 0. The number of carbonyl (C=O) groups is 1. The zero-order valence-electron chi connectivity index (χ0n) is 17.8. The molecule has 0 saturated carbocycles. The number of nitro groups is 1. The summed E-state index contributed by atoms with van der Waals surface area (Å²) in [7, 11) is 0. The molecule has 10 heteroatoms. The molecule has 2 aromatic carbocycles. The molecule has 1 aliphatic carbocycles. The number of H-pyrrole nitrogens is 1. The molecular weight excluding hydrogens is 476 g/mol. The van der Waals surface area contributed by atoms with Crippen molar-refractivity contribution < 1.29 is 9.72 Å². The third-order valence-electron chi connectivity index (χ3n) is 6.00. The molecule has 2 heterocycles. The molecule has 172 valence electrons. The zero-order valence-corrected chi connectivity index (χ0v) is 19.4. The molecule has 0 fully saturated rings. The van der Waals surface area contributed by atoms with Gasteiger partial charge < -0.3 is 10.3 Å². The SMILES string of the molecule is O=C1CCCC2=C1[C@H](c1ccccc1[N+](=O)[O-])c1c(nc(SCc3ccccc3Cl)[nH]c1=O)N2. The number of halogens is 1. The average Bonchev–Trinajstić information content (AvgIpc) is 2.82. The summed E-state index contributed by atoms with van der Waals surface area (Å²) < 4.78 is 0. The molecule has 1 aliphatic heterocycles. The van der Waals surface area contributed by atoms with Crippen LogP contribution < -0.4 is 10.9 Å². The van der Waals surface area contributed by atoms with Crippen LogP contribution in [0.25, 0.3) is 0 Å². The van der Waals surface area contributed by atoms with Crippen LogP contribution in [-0.2, 0) is 10.5 Å². The molecule has 0 saturated heterocycles. The molecule has 3 aromatic rings. The monoisotopic (exact) mass is 494 g/mol. The first kappa shape index (κ1) is 22.4. The number of aromatic nitrogens is 2. The minimum atomic E-state index is -0.862. The van der Waals surface area contributed by atoms with E-state index in [-0.39, 0.29) is 17.0 Å². The van der Waals surface area contributed by atoms with Gasteiger partial charge in [-0.3, -0.25) is 19.7 Å². The van der Waals surface area contributed by atoms with E-state index in [0.717, 1.165) is 5.56 Å². The fraction of sp³-hybridized carbons (Fsp3) is 0.208. The van der Waals surface area contributed by atoms with E-state index in [2.05, 4.69) is 15.3 Å². The van der Waals surface area contributed by atoms with Gasteiger partial charge in [-0.05, 0) is 24.5 Å². The summed E-state index contributed by atoms with van der Waals surface area (Å²) in [6.07, 6.45) is 1.61. The quantitative estimate of drug-likeness (QED) is 0.217. The van der Waals surface area contributed by atoms with Crippen molar-refractivity contribution in [2.45, 2.75) is 36.1 Å². The normalized spacial score (nSPS) is 17.1. The van der Waals surface area contributed by atoms with E-state index in [1.54, 1.807) is 24.3 Å². The number of ketones is 1. The van der Waals surface area contributed by atoms with Gasteiger partial charge in [-0.1, -0.05) is 59.8 Å². The highest BCUT2D eigenvalue weighted by atomic mass is 35.5. The van der Waals surface area contributed by atoms with Gasteiger partial charge in [0.1, 0.15) is 5.82 Å². The first-order chi connectivity index (χ1) is 16.4. The van der Waals surface area contributed by atoms with Crippen molar-refractivity contribution in [1.29, 1.82) is 0 Å². The molecule has 0 bridgehead atoms. The minimum Gasteiger partial charge on any atom is -0.343 e. The lowest BCUT2D eigenvalue weighted by Crippen LogP contribution is -2.33. The van der Waals surface area contributed by atoms with E-state index in [1.165, 1.54) is 17.8 Å². The number of fused-ring (bicyclic) bond motifs is 1. The molecule has 0 spiro atoms. The number of rotatable bonds is 5. The molecule has 5 rings (SSSR count). The third-order valence-corrected chi connectivity index (χ3v) is 7.29. The van der Waals surface area contributed by atoms with Crippen LogP contribution in [0.3, 0.4) is 0 Å². The van der Waals surface area contributed by atoms with Gasteiger partial charge in [0, 0.05) is 40.1 Å². The van der Waals surface area contributed by atoms with Gasteiger partial charge in [0.25, 0.3) is 11.2 Å². The highest BCUT2D eigenvalue weighted by molar-refractivity contribution is 7.98. The molecule has 0 radical (unpaired) electrons. The first-order valence-corrected chi connectivity index (χ1v) is 12.1. The molecule has 34 heavy (non-hydrogen) atoms. The Hall–Kier alpha value is -3.43. The predicted octanol–water partition coefficient (Wildman–Crippen LogP) is 5.19. The number of nitrogens with one attached hydrogen (secondary N) is 2. The summed E-state index contributed by atoms with van der Waals surface area (Å²) >= 11 is 7.57. The number of aromatic amines is 1. The van der Waals surface area contributed by atoms with Crippen LogP contribution in [0.1, 0.15) is 41.9 Å². The maximum Gasteiger partial charge on any atom is 0.273 e. The van der Waals surface area contributed by atoms with Crippen molar-refractivity contribution in [3.63, 3.8) is 0 Å². The van der Waals surface area contributed by atoms with Crippen LogP contribution in [-0.4, -0.2) is 20.7 Å². The van der Waals surface area contributed by atoms with E-state index < -0.39 is 16.4 Å². The summed E-state index contributed by atoms with van der Waals surface area (Å²) in [4.78, 5) is 45.0. The fourth-order valence-electron chi connectivity index (χ4n) is 4.48. The Morgan fingerprint density at radius 1 is 1.12 bits per heavy atom. The van der Waals surface area contributed by atoms with Crippen molar-refractivity contribution in [2.24, 2.45) is 0 Å². The lowest BCUT2D eigenvalue weighted by molar-refractivity contribution is -0.385. The topological polar surface area (TPSA) is 118 Å². The third kappa shape index (κ3) is 4.01. The Kier molecular flexibility index (Phi) is 5.97. The number of nitro benzene ring substituents is 1. The van der Waals surface area contributed by atoms with Crippen molar-refractivity contribution in [3.8, 4) is 0 Å². The van der Waals surface area contributed by atoms with Crippen LogP contribution in [0.15, 0.2) is 69.8 Å². The fourth-order valence-corrected chi connectivity index (χ4v) is 5.63. The lowest BCUT2D eigenvalue weighted by atomic mass is 9.76. The molecule has 0 amide bonds. The average molecular weight is 495 g/mol. The van der Waals surface area contributed by atoms with Crippen LogP contribution in [0.4, 0.5) is 11.5 Å². The molecule has 0 unspecified atom stereocenters. The lowest BCUT2D eigenvalue weighted by Gasteiger charge is -2.32. The molecule has 1 atom stereocenters. The van der Waals surface area contributed by atoms with Crippen molar-refractivity contribution >= 4 is 40.7 Å². The molecular formula is C24H19ClN4O4S. The number of hydrogen-bond acceptors (Lipinski definition) is 7. The number of allylic oxidation sites excluding steroid dienone is 2. The van der Waals surface area contributed by atoms with Crippen LogP contribution in [0.5, 0.6) is 0 Å². The van der Waals surface area contributed by atoms with Gasteiger partial charge >= 0.3 is 0 Å². The number of nitrogens with zero attached hydrogens (tertiary/aromatic N) is 2. The Balaban J connectivity index is 1.61. The molecule has 1 aromatic heterocycles. The smallest absolute Gasteiger partial charge is 0.273 e. The Labute approximate surface area is 203 Å². The van der Waals surface area contributed by atoms with Crippen LogP contribution in [0.2, 0.25) is 5.02 Å². The molecule has 8 nitrogen and oxygen atoms in total. The summed E-state index contributed by atoms with van der Waals surface area (Å²) in [5.41, 5.74) is 1.94. The van der Waals surface area contributed by atoms with E-state index in [1.807, 2.05) is 18.2 Å². The minimum absolute atomic E-state index is 0.112.